The molecule has 1 fully saturated rings. The largest absolute Gasteiger partial charge is 0.474 e. The van der Waals surface area contributed by atoms with Crippen molar-refractivity contribution in [2.75, 3.05) is 18.0 Å². The fourth-order valence-electron chi connectivity index (χ4n) is 4.24. The molecular formula is C23H30N4O2. The molecule has 2 amide bonds. The van der Waals surface area contributed by atoms with E-state index < -0.39 is 0 Å². The predicted octanol–water partition coefficient (Wildman–Crippen LogP) is 3.65. The Balaban J connectivity index is 1.25. The molecule has 4 rings (SSSR count). The van der Waals surface area contributed by atoms with Gasteiger partial charge in [-0.15, -0.1) is 0 Å². The van der Waals surface area contributed by atoms with E-state index in [-0.39, 0.29) is 18.2 Å². The molecule has 0 bridgehead atoms. The van der Waals surface area contributed by atoms with Gasteiger partial charge in [-0.1, -0.05) is 24.3 Å². The van der Waals surface area contributed by atoms with Crippen molar-refractivity contribution in [2.45, 2.75) is 57.7 Å². The molecule has 0 radical (unpaired) electrons. The summed E-state index contributed by atoms with van der Waals surface area (Å²) in [5, 5.41) is 5.94. The average Bonchev–Trinajstić information content (AvgIpc) is 3.41. The first-order valence-electron chi connectivity index (χ1n) is 10.7. The molecule has 1 aromatic heterocycles. The highest BCUT2D eigenvalue weighted by Gasteiger charge is 2.23. The molecule has 2 aliphatic rings. The van der Waals surface area contributed by atoms with Crippen LogP contribution in [0.3, 0.4) is 0 Å². The minimum absolute atomic E-state index is 0.167. The van der Waals surface area contributed by atoms with Gasteiger partial charge in [0.15, 0.2) is 0 Å². The SMILES string of the molecule is CC(CNC(=O)NCc1cccnc1OC1CCCC1)N1CCc2ccccc21. The lowest BCUT2D eigenvalue weighted by atomic mass is 10.2. The van der Waals surface area contributed by atoms with Crippen LogP contribution in [0.15, 0.2) is 42.6 Å². The molecule has 2 aromatic rings. The van der Waals surface area contributed by atoms with Gasteiger partial charge in [-0.05, 0) is 56.7 Å². The topological polar surface area (TPSA) is 66.5 Å². The fourth-order valence-corrected chi connectivity index (χ4v) is 4.24. The number of para-hydroxylation sites is 1. The highest BCUT2D eigenvalue weighted by molar-refractivity contribution is 5.74. The number of aromatic nitrogens is 1. The highest BCUT2D eigenvalue weighted by atomic mass is 16.5. The maximum atomic E-state index is 12.3. The average molecular weight is 395 g/mol. The molecule has 1 unspecified atom stereocenters. The predicted molar refractivity (Wildman–Crippen MR) is 114 cm³/mol. The summed E-state index contributed by atoms with van der Waals surface area (Å²) >= 11 is 0. The summed E-state index contributed by atoms with van der Waals surface area (Å²) in [6, 6.07) is 12.4. The van der Waals surface area contributed by atoms with E-state index in [0.717, 1.165) is 31.4 Å². The number of nitrogens with zero attached hydrogens (tertiary/aromatic N) is 2. The van der Waals surface area contributed by atoms with Crippen molar-refractivity contribution in [1.29, 1.82) is 0 Å². The molecule has 1 aromatic carbocycles. The lowest BCUT2D eigenvalue weighted by Crippen LogP contribution is -2.44. The zero-order chi connectivity index (χ0) is 20.1. The molecule has 0 saturated heterocycles. The van der Waals surface area contributed by atoms with Crippen molar-refractivity contribution in [3.63, 3.8) is 0 Å². The van der Waals surface area contributed by atoms with Crippen molar-refractivity contribution in [3.05, 3.63) is 53.7 Å². The molecule has 6 nitrogen and oxygen atoms in total. The number of fused-ring (bicyclic) bond motifs is 1. The molecule has 1 aliphatic heterocycles. The van der Waals surface area contributed by atoms with Gasteiger partial charge in [-0.25, -0.2) is 9.78 Å². The van der Waals surface area contributed by atoms with Crippen molar-refractivity contribution in [2.24, 2.45) is 0 Å². The van der Waals surface area contributed by atoms with Crippen LogP contribution in [0.1, 0.15) is 43.7 Å². The third kappa shape index (κ3) is 4.81. The minimum Gasteiger partial charge on any atom is -0.474 e. The number of carbonyl (C=O) groups excluding carboxylic acids is 1. The standard InChI is InChI=1S/C23H30N4O2/c1-17(27-14-12-18-7-2-5-11-21(18)27)15-25-23(28)26-16-19-8-6-13-24-22(19)29-20-9-3-4-10-20/h2,5-8,11,13,17,20H,3-4,9-10,12,14-16H2,1H3,(H2,25,26,28). The van der Waals surface area contributed by atoms with Crippen LogP contribution in [-0.2, 0) is 13.0 Å². The van der Waals surface area contributed by atoms with Crippen LogP contribution in [0.2, 0.25) is 0 Å². The van der Waals surface area contributed by atoms with Gasteiger partial charge < -0.3 is 20.3 Å². The first-order valence-corrected chi connectivity index (χ1v) is 10.7. The second-order valence-corrected chi connectivity index (χ2v) is 7.98. The number of pyridine rings is 1. The van der Waals surface area contributed by atoms with Gasteiger partial charge in [0.2, 0.25) is 5.88 Å². The number of nitrogens with one attached hydrogen (secondary N) is 2. The van der Waals surface area contributed by atoms with Gasteiger partial charge in [0, 0.05) is 43.1 Å². The van der Waals surface area contributed by atoms with E-state index in [0.29, 0.717) is 19.0 Å². The lowest BCUT2D eigenvalue weighted by molar-refractivity contribution is 0.198. The van der Waals surface area contributed by atoms with Crippen LogP contribution in [0, 0.1) is 0 Å². The van der Waals surface area contributed by atoms with Crippen LogP contribution in [0.25, 0.3) is 0 Å². The van der Waals surface area contributed by atoms with Crippen LogP contribution >= 0.6 is 0 Å². The molecular weight excluding hydrogens is 364 g/mol. The van der Waals surface area contributed by atoms with Crippen LogP contribution in [-0.4, -0.2) is 36.3 Å². The van der Waals surface area contributed by atoms with Crippen molar-refractivity contribution < 1.29 is 9.53 Å². The number of benzene rings is 1. The molecule has 1 atom stereocenters. The lowest BCUT2D eigenvalue weighted by Gasteiger charge is -2.27. The summed E-state index contributed by atoms with van der Waals surface area (Å²) in [6.07, 6.45) is 7.66. The van der Waals surface area contributed by atoms with E-state index in [9.17, 15) is 4.79 Å². The minimum atomic E-state index is -0.167. The molecule has 2 heterocycles. The van der Waals surface area contributed by atoms with Crippen molar-refractivity contribution in [3.8, 4) is 5.88 Å². The van der Waals surface area contributed by atoms with E-state index in [1.807, 2.05) is 12.1 Å². The summed E-state index contributed by atoms with van der Waals surface area (Å²) in [7, 11) is 0. The Labute approximate surface area is 172 Å². The number of urea groups is 1. The summed E-state index contributed by atoms with van der Waals surface area (Å²) in [6.45, 7) is 4.15. The number of carbonyl (C=O) groups is 1. The Hall–Kier alpha value is -2.76. The summed E-state index contributed by atoms with van der Waals surface area (Å²) in [4.78, 5) is 19.1. The first kappa shape index (κ1) is 19.6. The van der Waals surface area contributed by atoms with Gasteiger partial charge in [-0.3, -0.25) is 0 Å². The number of rotatable bonds is 7. The molecule has 2 N–H and O–H groups in total. The van der Waals surface area contributed by atoms with Gasteiger partial charge >= 0.3 is 6.03 Å². The monoisotopic (exact) mass is 394 g/mol. The second kappa shape index (κ2) is 9.16. The van der Waals surface area contributed by atoms with Gasteiger partial charge in [0.05, 0.1) is 0 Å². The maximum absolute atomic E-state index is 12.3. The zero-order valence-corrected chi connectivity index (χ0v) is 17.1. The number of anilines is 1. The van der Waals surface area contributed by atoms with Gasteiger partial charge in [-0.2, -0.15) is 0 Å². The number of ether oxygens (including phenoxy) is 1. The fraction of sp³-hybridized carbons (Fsp3) is 0.478. The van der Waals surface area contributed by atoms with E-state index in [4.69, 9.17) is 4.74 Å². The zero-order valence-electron chi connectivity index (χ0n) is 17.1. The molecule has 6 heteroatoms. The Morgan fingerprint density at radius 1 is 1.21 bits per heavy atom. The van der Waals surface area contributed by atoms with Crippen molar-refractivity contribution >= 4 is 11.7 Å². The van der Waals surface area contributed by atoms with E-state index in [1.54, 1.807) is 6.20 Å². The Morgan fingerprint density at radius 2 is 2.03 bits per heavy atom. The summed E-state index contributed by atoms with van der Waals surface area (Å²) < 4.78 is 6.05. The second-order valence-electron chi connectivity index (χ2n) is 7.98. The van der Waals surface area contributed by atoms with E-state index >= 15 is 0 Å². The van der Waals surface area contributed by atoms with Crippen molar-refractivity contribution in [1.82, 2.24) is 15.6 Å². The number of hydrogen-bond acceptors (Lipinski definition) is 4. The number of hydrogen-bond donors (Lipinski definition) is 2. The number of amides is 2. The molecule has 1 aliphatic carbocycles. The van der Waals surface area contributed by atoms with Gasteiger partial charge in [0.1, 0.15) is 6.10 Å². The van der Waals surface area contributed by atoms with Crippen LogP contribution < -0.4 is 20.3 Å². The maximum Gasteiger partial charge on any atom is 0.315 e. The smallest absolute Gasteiger partial charge is 0.315 e. The molecule has 29 heavy (non-hydrogen) atoms. The summed E-state index contributed by atoms with van der Waals surface area (Å²) in [5.74, 6) is 0.641. The molecule has 0 spiro atoms. The Bertz CT molecular complexity index is 835. The van der Waals surface area contributed by atoms with Crippen LogP contribution in [0.4, 0.5) is 10.5 Å². The Morgan fingerprint density at radius 3 is 2.90 bits per heavy atom. The quantitative estimate of drug-likeness (QED) is 0.752. The Kier molecular flexibility index (Phi) is 6.17. The third-order valence-corrected chi connectivity index (χ3v) is 5.88. The third-order valence-electron chi connectivity index (χ3n) is 5.88. The van der Waals surface area contributed by atoms with Gasteiger partial charge in [0.25, 0.3) is 0 Å². The van der Waals surface area contributed by atoms with Crippen LogP contribution in [0.5, 0.6) is 5.88 Å². The summed E-state index contributed by atoms with van der Waals surface area (Å²) in [5.41, 5.74) is 3.58. The van der Waals surface area contributed by atoms with E-state index in [2.05, 4.69) is 51.7 Å². The normalized spacial score (nSPS) is 17.1. The highest BCUT2D eigenvalue weighted by Crippen LogP contribution is 2.29. The molecule has 1 saturated carbocycles. The first-order chi connectivity index (χ1) is 14.2. The molecule has 154 valence electrons. The van der Waals surface area contributed by atoms with E-state index in [1.165, 1.54) is 24.1 Å².